The number of anilines is 1. The standard InChI is InChI=1S/C13H17N3O3/c17-13(14-11-4-2-1-3-5-11)10-15-8-6-12(7-9-15)16(18)19/h1-5,12H,6-10H2,(H,14,17). The molecule has 1 saturated heterocycles. The Hall–Kier alpha value is -1.95. The van der Waals surface area contributed by atoms with Crippen molar-refractivity contribution in [3.05, 3.63) is 40.4 Å². The van der Waals surface area contributed by atoms with Crippen LogP contribution in [0.2, 0.25) is 0 Å². The topological polar surface area (TPSA) is 75.5 Å². The largest absolute Gasteiger partial charge is 0.325 e. The van der Waals surface area contributed by atoms with Crippen LogP contribution in [0, 0.1) is 10.1 Å². The third kappa shape index (κ3) is 4.03. The summed E-state index contributed by atoms with van der Waals surface area (Å²) in [6, 6.07) is 8.82. The van der Waals surface area contributed by atoms with E-state index in [-0.39, 0.29) is 10.8 Å². The third-order valence-electron chi connectivity index (χ3n) is 3.28. The van der Waals surface area contributed by atoms with Crippen LogP contribution < -0.4 is 5.32 Å². The highest BCUT2D eigenvalue weighted by Crippen LogP contribution is 2.13. The molecular formula is C13H17N3O3. The summed E-state index contributed by atoms with van der Waals surface area (Å²) >= 11 is 0. The van der Waals surface area contributed by atoms with Crippen LogP contribution in [0.5, 0.6) is 0 Å². The average Bonchev–Trinajstić information content (AvgIpc) is 2.40. The van der Waals surface area contributed by atoms with Gasteiger partial charge in [-0.05, 0) is 12.1 Å². The third-order valence-corrected chi connectivity index (χ3v) is 3.28. The number of piperidine rings is 1. The summed E-state index contributed by atoms with van der Waals surface area (Å²) in [5, 5.41) is 13.4. The first-order valence-electron chi connectivity index (χ1n) is 6.36. The number of nitrogens with zero attached hydrogens (tertiary/aromatic N) is 2. The van der Waals surface area contributed by atoms with Crippen LogP contribution in [0.4, 0.5) is 5.69 Å². The summed E-state index contributed by atoms with van der Waals surface area (Å²) in [7, 11) is 0. The second-order valence-electron chi connectivity index (χ2n) is 4.71. The molecule has 0 atom stereocenters. The maximum Gasteiger partial charge on any atom is 0.238 e. The number of amides is 1. The zero-order chi connectivity index (χ0) is 13.7. The Kier molecular flexibility index (Phi) is 4.46. The molecule has 1 aliphatic heterocycles. The van der Waals surface area contributed by atoms with Gasteiger partial charge in [0, 0.05) is 36.5 Å². The molecule has 1 aliphatic rings. The molecular weight excluding hydrogens is 246 g/mol. The Balaban J connectivity index is 1.76. The highest BCUT2D eigenvalue weighted by atomic mass is 16.6. The van der Waals surface area contributed by atoms with Crippen molar-refractivity contribution in [1.82, 2.24) is 4.90 Å². The summed E-state index contributed by atoms with van der Waals surface area (Å²) in [5.41, 5.74) is 0.771. The van der Waals surface area contributed by atoms with Gasteiger partial charge < -0.3 is 5.32 Å². The van der Waals surface area contributed by atoms with Crippen LogP contribution in [0.3, 0.4) is 0 Å². The van der Waals surface area contributed by atoms with E-state index in [9.17, 15) is 14.9 Å². The summed E-state index contributed by atoms with van der Waals surface area (Å²) < 4.78 is 0. The molecule has 1 fully saturated rings. The summed E-state index contributed by atoms with van der Waals surface area (Å²) in [4.78, 5) is 24.2. The van der Waals surface area contributed by atoms with Gasteiger partial charge in [0.25, 0.3) is 0 Å². The molecule has 1 amide bonds. The fourth-order valence-electron chi connectivity index (χ4n) is 2.21. The number of carbonyl (C=O) groups excluding carboxylic acids is 1. The number of nitrogens with one attached hydrogen (secondary N) is 1. The van der Waals surface area contributed by atoms with E-state index < -0.39 is 6.04 Å². The van der Waals surface area contributed by atoms with Crippen LogP contribution in [-0.4, -0.2) is 41.4 Å². The average molecular weight is 263 g/mol. The van der Waals surface area contributed by atoms with Crippen molar-refractivity contribution >= 4 is 11.6 Å². The van der Waals surface area contributed by atoms with Crippen molar-refractivity contribution in [2.45, 2.75) is 18.9 Å². The minimum Gasteiger partial charge on any atom is -0.325 e. The lowest BCUT2D eigenvalue weighted by Gasteiger charge is -2.27. The van der Waals surface area contributed by atoms with Gasteiger partial charge in [0.15, 0.2) is 0 Å². The Morgan fingerprint density at radius 1 is 1.32 bits per heavy atom. The highest BCUT2D eigenvalue weighted by molar-refractivity contribution is 5.92. The predicted molar refractivity (Wildman–Crippen MR) is 71.5 cm³/mol. The van der Waals surface area contributed by atoms with Gasteiger partial charge in [0.2, 0.25) is 11.9 Å². The van der Waals surface area contributed by atoms with Crippen LogP contribution in [-0.2, 0) is 4.79 Å². The highest BCUT2D eigenvalue weighted by Gasteiger charge is 2.27. The zero-order valence-electron chi connectivity index (χ0n) is 10.6. The smallest absolute Gasteiger partial charge is 0.238 e. The van der Waals surface area contributed by atoms with Gasteiger partial charge >= 0.3 is 0 Å². The summed E-state index contributed by atoms with van der Waals surface area (Å²) in [6.07, 6.45) is 1.04. The maximum atomic E-state index is 11.8. The van der Waals surface area contributed by atoms with Crippen LogP contribution in [0.15, 0.2) is 30.3 Å². The predicted octanol–water partition coefficient (Wildman–Crippen LogP) is 1.37. The van der Waals surface area contributed by atoms with E-state index in [1.165, 1.54) is 0 Å². The monoisotopic (exact) mass is 263 g/mol. The van der Waals surface area contributed by atoms with Crippen molar-refractivity contribution in [2.75, 3.05) is 25.0 Å². The van der Waals surface area contributed by atoms with Crippen molar-refractivity contribution < 1.29 is 9.72 Å². The van der Waals surface area contributed by atoms with Gasteiger partial charge in [0.1, 0.15) is 0 Å². The normalized spacial score (nSPS) is 17.1. The second kappa shape index (κ2) is 6.29. The zero-order valence-corrected chi connectivity index (χ0v) is 10.6. The van der Waals surface area contributed by atoms with E-state index in [0.717, 1.165) is 5.69 Å². The number of hydrogen-bond donors (Lipinski definition) is 1. The Morgan fingerprint density at radius 3 is 2.53 bits per heavy atom. The molecule has 19 heavy (non-hydrogen) atoms. The number of hydrogen-bond acceptors (Lipinski definition) is 4. The quantitative estimate of drug-likeness (QED) is 0.657. The Morgan fingerprint density at radius 2 is 1.95 bits per heavy atom. The van der Waals surface area contributed by atoms with Crippen molar-refractivity contribution in [2.24, 2.45) is 0 Å². The van der Waals surface area contributed by atoms with Crippen molar-refractivity contribution in [3.8, 4) is 0 Å². The van der Waals surface area contributed by atoms with E-state index in [1.807, 2.05) is 35.2 Å². The van der Waals surface area contributed by atoms with Crippen LogP contribution in [0.25, 0.3) is 0 Å². The molecule has 0 radical (unpaired) electrons. The number of benzene rings is 1. The van der Waals surface area contributed by atoms with E-state index in [2.05, 4.69) is 5.32 Å². The molecule has 0 aromatic heterocycles. The first-order valence-corrected chi connectivity index (χ1v) is 6.36. The lowest BCUT2D eigenvalue weighted by atomic mass is 10.1. The molecule has 0 bridgehead atoms. The molecule has 2 rings (SSSR count). The molecule has 0 aliphatic carbocycles. The van der Waals surface area contributed by atoms with Crippen LogP contribution in [0.1, 0.15) is 12.8 Å². The number of para-hydroxylation sites is 1. The maximum absolute atomic E-state index is 11.8. The number of rotatable bonds is 4. The molecule has 1 aromatic carbocycles. The fourth-order valence-corrected chi connectivity index (χ4v) is 2.21. The number of nitro groups is 1. The Labute approximate surface area is 111 Å². The van der Waals surface area contributed by atoms with Crippen LogP contribution >= 0.6 is 0 Å². The lowest BCUT2D eigenvalue weighted by Crippen LogP contribution is -2.42. The van der Waals surface area contributed by atoms with E-state index in [1.54, 1.807) is 0 Å². The molecule has 1 heterocycles. The summed E-state index contributed by atoms with van der Waals surface area (Å²) in [6.45, 7) is 1.50. The number of carbonyl (C=O) groups is 1. The van der Waals surface area contributed by atoms with Gasteiger partial charge in [-0.1, -0.05) is 18.2 Å². The van der Waals surface area contributed by atoms with Gasteiger partial charge in [-0.25, -0.2) is 0 Å². The molecule has 0 saturated carbocycles. The van der Waals surface area contributed by atoms with Gasteiger partial charge in [-0.3, -0.25) is 19.8 Å². The second-order valence-corrected chi connectivity index (χ2v) is 4.71. The molecule has 102 valence electrons. The fraction of sp³-hybridized carbons (Fsp3) is 0.462. The SMILES string of the molecule is O=C(CN1CCC([N+](=O)[O-])CC1)Nc1ccccc1. The minimum absolute atomic E-state index is 0.0780. The molecule has 1 aromatic rings. The molecule has 0 unspecified atom stereocenters. The molecule has 1 N–H and O–H groups in total. The summed E-state index contributed by atoms with van der Waals surface area (Å²) in [5.74, 6) is -0.0780. The van der Waals surface area contributed by atoms with Gasteiger partial charge in [-0.2, -0.15) is 0 Å². The first-order chi connectivity index (χ1) is 9.15. The molecule has 0 spiro atoms. The van der Waals surface area contributed by atoms with Gasteiger partial charge in [-0.15, -0.1) is 0 Å². The van der Waals surface area contributed by atoms with Crippen molar-refractivity contribution in [3.63, 3.8) is 0 Å². The van der Waals surface area contributed by atoms with E-state index in [4.69, 9.17) is 0 Å². The lowest BCUT2D eigenvalue weighted by molar-refractivity contribution is -0.526. The minimum atomic E-state index is -0.451. The number of likely N-dealkylation sites (tertiary alicyclic amines) is 1. The van der Waals surface area contributed by atoms with Crippen molar-refractivity contribution in [1.29, 1.82) is 0 Å². The van der Waals surface area contributed by atoms with Gasteiger partial charge in [0.05, 0.1) is 6.54 Å². The van der Waals surface area contributed by atoms with E-state index in [0.29, 0.717) is 32.5 Å². The molecule has 6 nitrogen and oxygen atoms in total. The first kappa shape index (κ1) is 13.5. The van der Waals surface area contributed by atoms with E-state index >= 15 is 0 Å². The molecule has 6 heteroatoms. The Bertz CT molecular complexity index is 442.